The maximum Gasteiger partial charge on any atom is 0.269 e. The third-order valence-electron chi connectivity index (χ3n) is 3.11. The number of nitro groups is 1. The number of sulfone groups is 1. The molecule has 0 amide bonds. The number of nitrogens with zero attached hydrogens (tertiary/aromatic N) is 2. The molecule has 0 spiro atoms. The Labute approximate surface area is 136 Å². The number of hydrogen-bond donors (Lipinski definition) is 2. The lowest BCUT2D eigenvalue weighted by molar-refractivity contribution is -0.384. The van der Waals surface area contributed by atoms with Crippen LogP contribution in [0.15, 0.2) is 29.3 Å². The van der Waals surface area contributed by atoms with Crippen LogP contribution in [0.4, 0.5) is 5.69 Å². The first-order valence-corrected chi connectivity index (χ1v) is 9.15. The molecule has 2 N–H and O–H groups in total. The Balaban J connectivity index is 2.54. The molecule has 128 valence electrons. The molecule has 1 aromatic rings. The first-order chi connectivity index (χ1) is 10.7. The predicted molar refractivity (Wildman–Crippen MR) is 90.2 cm³/mol. The summed E-state index contributed by atoms with van der Waals surface area (Å²) in [4.78, 5) is 14.4. The first-order valence-electron chi connectivity index (χ1n) is 7.09. The van der Waals surface area contributed by atoms with E-state index in [0.29, 0.717) is 18.9 Å². The molecule has 1 atom stereocenters. The Morgan fingerprint density at radius 2 is 2.13 bits per heavy atom. The van der Waals surface area contributed by atoms with Gasteiger partial charge in [0.05, 0.1) is 10.7 Å². The summed E-state index contributed by atoms with van der Waals surface area (Å²) >= 11 is 0. The quantitative estimate of drug-likeness (QED) is 0.332. The highest BCUT2D eigenvalue weighted by Gasteiger charge is 2.10. The molecular weight excluding hydrogens is 320 g/mol. The van der Waals surface area contributed by atoms with Crippen LogP contribution in [0.3, 0.4) is 0 Å². The highest BCUT2D eigenvalue weighted by atomic mass is 32.2. The molecule has 1 unspecified atom stereocenters. The minimum absolute atomic E-state index is 0.0359. The maximum atomic E-state index is 11.2. The second-order valence-corrected chi connectivity index (χ2v) is 7.58. The largest absolute Gasteiger partial charge is 0.354 e. The van der Waals surface area contributed by atoms with Crippen molar-refractivity contribution < 1.29 is 13.3 Å². The molecule has 0 aliphatic heterocycles. The van der Waals surface area contributed by atoms with Crippen LogP contribution in [0, 0.1) is 10.1 Å². The van der Waals surface area contributed by atoms with Gasteiger partial charge in [0.2, 0.25) is 0 Å². The highest BCUT2D eigenvalue weighted by molar-refractivity contribution is 7.90. The van der Waals surface area contributed by atoms with Crippen molar-refractivity contribution in [2.24, 2.45) is 4.99 Å². The van der Waals surface area contributed by atoms with E-state index in [1.54, 1.807) is 19.2 Å². The van der Waals surface area contributed by atoms with Gasteiger partial charge in [-0.3, -0.25) is 15.1 Å². The minimum atomic E-state index is -2.99. The van der Waals surface area contributed by atoms with E-state index in [-0.39, 0.29) is 17.5 Å². The Kier molecular flexibility index (Phi) is 6.95. The SMILES string of the molecule is CN=C(NCc1cccc([N+](=O)[O-])c1)NC(C)CCS(C)(=O)=O. The van der Waals surface area contributed by atoms with Gasteiger partial charge in [0, 0.05) is 38.0 Å². The highest BCUT2D eigenvalue weighted by Crippen LogP contribution is 2.12. The second-order valence-electron chi connectivity index (χ2n) is 5.32. The van der Waals surface area contributed by atoms with Crippen molar-refractivity contribution in [1.82, 2.24) is 10.6 Å². The van der Waals surface area contributed by atoms with E-state index >= 15 is 0 Å². The zero-order chi connectivity index (χ0) is 17.5. The van der Waals surface area contributed by atoms with Gasteiger partial charge in [-0.15, -0.1) is 0 Å². The van der Waals surface area contributed by atoms with Crippen LogP contribution in [0.1, 0.15) is 18.9 Å². The molecule has 0 fully saturated rings. The van der Waals surface area contributed by atoms with Gasteiger partial charge in [0.25, 0.3) is 5.69 Å². The molecule has 0 aromatic heterocycles. The second kappa shape index (κ2) is 8.47. The lowest BCUT2D eigenvalue weighted by atomic mass is 10.2. The molecule has 0 saturated heterocycles. The Morgan fingerprint density at radius 1 is 1.43 bits per heavy atom. The van der Waals surface area contributed by atoms with E-state index in [9.17, 15) is 18.5 Å². The van der Waals surface area contributed by atoms with Crippen LogP contribution in [0.25, 0.3) is 0 Å². The monoisotopic (exact) mass is 342 g/mol. The van der Waals surface area contributed by atoms with Gasteiger partial charge in [-0.05, 0) is 18.9 Å². The molecule has 0 radical (unpaired) electrons. The summed E-state index contributed by atoms with van der Waals surface area (Å²) in [6.07, 6.45) is 1.67. The van der Waals surface area contributed by atoms with Crippen LogP contribution in [0.5, 0.6) is 0 Å². The van der Waals surface area contributed by atoms with Crippen LogP contribution in [-0.2, 0) is 16.4 Å². The minimum Gasteiger partial charge on any atom is -0.354 e. The third-order valence-corrected chi connectivity index (χ3v) is 4.09. The van der Waals surface area contributed by atoms with Crippen molar-refractivity contribution >= 4 is 21.5 Å². The van der Waals surface area contributed by atoms with Gasteiger partial charge < -0.3 is 10.6 Å². The fraction of sp³-hybridized carbons (Fsp3) is 0.500. The molecule has 1 aromatic carbocycles. The summed E-state index contributed by atoms with van der Waals surface area (Å²) in [5.74, 6) is 0.612. The number of aliphatic imine (C=N–C) groups is 1. The maximum absolute atomic E-state index is 11.2. The standard InChI is InChI=1S/C14H22N4O4S/c1-11(7-8-23(3,21)22)17-14(15-2)16-10-12-5-4-6-13(9-12)18(19)20/h4-6,9,11H,7-8,10H2,1-3H3,(H2,15,16,17). The number of guanidine groups is 1. The number of hydrogen-bond acceptors (Lipinski definition) is 5. The zero-order valence-corrected chi connectivity index (χ0v) is 14.3. The van der Waals surface area contributed by atoms with Crippen molar-refractivity contribution in [1.29, 1.82) is 0 Å². The Morgan fingerprint density at radius 3 is 2.70 bits per heavy atom. The molecule has 0 saturated carbocycles. The lowest BCUT2D eigenvalue weighted by Gasteiger charge is -2.17. The number of non-ortho nitro benzene ring substituents is 1. The predicted octanol–water partition coefficient (Wildman–Crippen LogP) is 1.08. The van der Waals surface area contributed by atoms with E-state index in [0.717, 1.165) is 5.56 Å². The fourth-order valence-corrected chi connectivity index (χ4v) is 2.64. The molecule has 0 aliphatic rings. The van der Waals surface area contributed by atoms with Crippen molar-refractivity contribution in [2.45, 2.75) is 25.9 Å². The first kappa shape index (κ1) is 18.9. The molecule has 0 heterocycles. The molecule has 0 bridgehead atoms. The molecule has 23 heavy (non-hydrogen) atoms. The zero-order valence-electron chi connectivity index (χ0n) is 13.4. The average molecular weight is 342 g/mol. The molecule has 0 aliphatic carbocycles. The van der Waals surface area contributed by atoms with Gasteiger partial charge >= 0.3 is 0 Å². The smallest absolute Gasteiger partial charge is 0.269 e. The number of rotatable bonds is 7. The van der Waals surface area contributed by atoms with E-state index in [4.69, 9.17) is 0 Å². The number of benzene rings is 1. The van der Waals surface area contributed by atoms with E-state index < -0.39 is 14.8 Å². The van der Waals surface area contributed by atoms with Crippen LogP contribution < -0.4 is 10.6 Å². The lowest BCUT2D eigenvalue weighted by Crippen LogP contribution is -2.42. The van der Waals surface area contributed by atoms with Gasteiger partial charge in [0.15, 0.2) is 5.96 Å². The van der Waals surface area contributed by atoms with E-state index in [1.807, 2.05) is 6.92 Å². The van der Waals surface area contributed by atoms with Crippen molar-refractivity contribution in [2.75, 3.05) is 19.1 Å². The van der Waals surface area contributed by atoms with E-state index in [1.165, 1.54) is 18.4 Å². The van der Waals surface area contributed by atoms with Gasteiger partial charge in [0.1, 0.15) is 9.84 Å². The summed E-state index contributed by atoms with van der Waals surface area (Å²) in [6, 6.07) is 6.26. The van der Waals surface area contributed by atoms with Gasteiger partial charge in [-0.2, -0.15) is 0 Å². The van der Waals surface area contributed by atoms with Crippen molar-refractivity contribution in [3.05, 3.63) is 39.9 Å². The summed E-state index contributed by atoms with van der Waals surface area (Å²) < 4.78 is 22.3. The Hall–Kier alpha value is -2.16. The number of nitrogens with one attached hydrogen (secondary N) is 2. The van der Waals surface area contributed by atoms with Crippen molar-refractivity contribution in [3.63, 3.8) is 0 Å². The van der Waals surface area contributed by atoms with Crippen LogP contribution >= 0.6 is 0 Å². The summed E-state index contributed by atoms with van der Waals surface area (Å²) in [7, 11) is -1.39. The van der Waals surface area contributed by atoms with Crippen LogP contribution in [0.2, 0.25) is 0 Å². The fourth-order valence-electron chi connectivity index (χ4n) is 1.86. The molecular formula is C14H22N4O4S. The number of nitro benzene ring substituents is 1. The van der Waals surface area contributed by atoms with Gasteiger partial charge in [-0.1, -0.05) is 12.1 Å². The van der Waals surface area contributed by atoms with Crippen molar-refractivity contribution in [3.8, 4) is 0 Å². The summed E-state index contributed by atoms with van der Waals surface area (Å²) in [5, 5.41) is 16.9. The molecule has 1 rings (SSSR count). The normalized spacial score (nSPS) is 13.4. The summed E-state index contributed by atoms with van der Waals surface area (Å²) in [5.41, 5.74) is 0.791. The van der Waals surface area contributed by atoms with Crippen LogP contribution in [-0.4, -0.2) is 44.4 Å². The van der Waals surface area contributed by atoms with Gasteiger partial charge in [-0.25, -0.2) is 8.42 Å². The molecule has 9 heteroatoms. The topological polar surface area (TPSA) is 114 Å². The summed E-state index contributed by atoms with van der Waals surface area (Å²) in [6.45, 7) is 2.24. The van der Waals surface area contributed by atoms with E-state index in [2.05, 4.69) is 15.6 Å². The molecule has 8 nitrogen and oxygen atoms in total. The average Bonchev–Trinajstić information content (AvgIpc) is 2.49. The Bertz CT molecular complexity index is 673. The third kappa shape index (κ3) is 7.59.